The van der Waals surface area contributed by atoms with E-state index in [2.05, 4.69) is 31.0 Å². The van der Waals surface area contributed by atoms with Crippen LogP contribution in [0.25, 0.3) is 0 Å². The summed E-state index contributed by atoms with van der Waals surface area (Å²) < 4.78 is 5.67. The molecule has 1 heterocycles. The van der Waals surface area contributed by atoms with Gasteiger partial charge in [-0.3, -0.25) is 0 Å². The summed E-state index contributed by atoms with van der Waals surface area (Å²) in [6.07, 6.45) is 0. The Hall–Kier alpha value is -1.75. The van der Waals surface area contributed by atoms with Gasteiger partial charge in [0.25, 0.3) is 0 Å². The fourth-order valence-corrected chi connectivity index (χ4v) is 1.80. The Morgan fingerprint density at radius 2 is 2.00 bits per heavy atom. The van der Waals surface area contributed by atoms with E-state index < -0.39 is 0 Å². The number of rotatable bonds is 4. The molecule has 0 fully saturated rings. The average Bonchev–Trinajstić information content (AvgIpc) is 2.86. The number of hydrogen-bond donors (Lipinski definition) is 2. The number of benzene rings is 1. The number of aromatic amines is 1. The van der Waals surface area contributed by atoms with Gasteiger partial charge in [0.2, 0.25) is 0 Å². The van der Waals surface area contributed by atoms with E-state index in [1.165, 1.54) is 7.11 Å². The highest BCUT2D eigenvalue weighted by atomic mass is 79.9. The Labute approximate surface area is 113 Å². The molecule has 2 rings (SSSR count). The van der Waals surface area contributed by atoms with Crippen molar-refractivity contribution in [3.63, 3.8) is 0 Å². The maximum absolute atomic E-state index is 11.3. The first-order valence-electron chi connectivity index (χ1n) is 5.44. The van der Waals surface area contributed by atoms with Crippen LogP contribution in [0.2, 0.25) is 0 Å². The standard InChI is InChI=1S/C13H13BrN2O2/c1-18-13(17)12-7-6-11(16-12)8-15-10-4-2-9(14)3-5-10/h2-7,15-16H,8H2,1H3. The minimum Gasteiger partial charge on any atom is -0.464 e. The number of hydrogen-bond acceptors (Lipinski definition) is 3. The van der Waals surface area contributed by atoms with E-state index in [1.54, 1.807) is 6.07 Å². The van der Waals surface area contributed by atoms with Crippen LogP contribution >= 0.6 is 15.9 Å². The molecular weight excluding hydrogens is 296 g/mol. The average molecular weight is 309 g/mol. The van der Waals surface area contributed by atoms with E-state index in [0.29, 0.717) is 12.2 Å². The molecule has 0 unspecified atom stereocenters. The molecular formula is C13H13BrN2O2. The molecule has 0 aliphatic rings. The largest absolute Gasteiger partial charge is 0.464 e. The number of H-pyrrole nitrogens is 1. The van der Waals surface area contributed by atoms with E-state index in [-0.39, 0.29) is 5.97 Å². The molecule has 2 N–H and O–H groups in total. The molecule has 4 nitrogen and oxygen atoms in total. The van der Waals surface area contributed by atoms with Crippen molar-refractivity contribution in [3.05, 3.63) is 52.3 Å². The van der Waals surface area contributed by atoms with Crippen LogP contribution in [0.15, 0.2) is 40.9 Å². The lowest BCUT2D eigenvalue weighted by molar-refractivity contribution is 0.0594. The van der Waals surface area contributed by atoms with E-state index in [4.69, 9.17) is 0 Å². The Morgan fingerprint density at radius 1 is 1.28 bits per heavy atom. The molecule has 18 heavy (non-hydrogen) atoms. The molecule has 0 amide bonds. The zero-order valence-electron chi connectivity index (χ0n) is 9.87. The number of aromatic nitrogens is 1. The second-order valence-corrected chi connectivity index (χ2v) is 4.66. The van der Waals surface area contributed by atoms with Crippen LogP contribution in [0.5, 0.6) is 0 Å². The molecule has 0 saturated carbocycles. The normalized spacial score (nSPS) is 10.1. The van der Waals surface area contributed by atoms with Crippen molar-refractivity contribution in [1.82, 2.24) is 4.98 Å². The topological polar surface area (TPSA) is 54.1 Å². The van der Waals surface area contributed by atoms with Gasteiger partial charge in [-0.15, -0.1) is 0 Å². The minimum atomic E-state index is -0.357. The zero-order valence-corrected chi connectivity index (χ0v) is 11.5. The number of nitrogens with one attached hydrogen (secondary N) is 2. The van der Waals surface area contributed by atoms with Crippen molar-refractivity contribution in [1.29, 1.82) is 0 Å². The van der Waals surface area contributed by atoms with Gasteiger partial charge in [-0.1, -0.05) is 15.9 Å². The number of methoxy groups -OCH3 is 1. The molecule has 0 spiro atoms. The van der Waals surface area contributed by atoms with E-state index >= 15 is 0 Å². The maximum atomic E-state index is 11.3. The summed E-state index contributed by atoms with van der Waals surface area (Å²) in [6.45, 7) is 0.624. The van der Waals surface area contributed by atoms with Crippen molar-refractivity contribution in [3.8, 4) is 0 Å². The van der Waals surface area contributed by atoms with Crippen LogP contribution in [0.4, 0.5) is 5.69 Å². The third kappa shape index (κ3) is 3.13. The molecule has 94 valence electrons. The number of ether oxygens (including phenoxy) is 1. The van der Waals surface area contributed by atoms with E-state index in [1.807, 2.05) is 30.3 Å². The monoisotopic (exact) mass is 308 g/mol. The van der Waals surface area contributed by atoms with Crippen molar-refractivity contribution in [2.75, 3.05) is 12.4 Å². The van der Waals surface area contributed by atoms with Gasteiger partial charge in [0.05, 0.1) is 13.7 Å². The van der Waals surface area contributed by atoms with Crippen molar-refractivity contribution in [2.24, 2.45) is 0 Å². The number of esters is 1. The second-order valence-electron chi connectivity index (χ2n) is 3.75. The highest BCUT2D eigenvalue weighted by Gasteiger charge is 2.07. The molecule has 2 aromatic rings. The van der Waals surface area contributed by atoms with Gasteiger partial charge in [0.1, 0.15) is 5.69 Å². The molecule has 0 saturated heterocycles. The number of carbonyl (C=O) groups is 1. The summed E-state index contributed by atoms with van der Waals surface area (Å²) in [5.41, 5.74) is 2.41. The highest BCUT2D eigenvalue weighted by Crippen LogP contribution is 2.15. The summed E-state index contributed by atoms with van der Waals surface area (Å²) in [5, 5.41) is 3.25. The van der Waals surface area contributed by atoms with Crippen molar-refractivity contribution in [2.45, 2.75) is 6.54 Å². The quantitative estimate of drug-likeness (QED) is 0.853. The van der Waals surface area contributed by atoms with Gasteiger partial charge in [-0.05, 0) is 36.4 Å². The molecule has 0 aliphatic carbocycles. The van der Waals surface area contributed by atoms with E-state index in [0.717, 1.165) is 15.9 Å². The number of anilines is 1. The summed E-state index contributed by atoms with van der Waals surface area (Å²) in [7, 11) is 1.36. The van der Waals surface area contributed by atoms with Crippen molar-refractivity contribution >= 4 is 27.6 Å². The van der Waals surface area contributed by atoms with Crippen LogP contribution in [0.1, 0.15) is 16.2 Å². The predicted octanol–water partition coefficient (Wildman–Crippen LogP) is 3.18. The predicted molar refractivity (Wildman–Crippen MR) is 73.6 cm³/mol. The Morgan fingerprint density at radius 3 is 2.67 bits per heavy atom. The smallest absolute Gasteiger partial charge is 0.354 e. The SMILES string of the molecule is COC(=O)c1ccc(CNc2ccc(Br)cc2)[nH]1. The molecule has 0 radical (unpaired) electrons. The van der Waals surface area contributed by atoms with Gasteiger partial charge in [0.15, 0.2) is 0 Å². The lowest BCUT2D eigenvalue weighted by atomic mass is 10.3. The number of carbonyl (C=O) groups excluding carboxylic acids is 1. The lowest BCUT2D eigenvalue weighted by Crippen LogP contribution is -2.03. The third-order valence-electron chi connectivity index (χ3n) is 2.48. The Kier molecular flexibility index (Phi) is 4.04. The van der Waals surface area contributed by atoms with Crippen LogP contribution in [0.3, 0.4) is 0 Å². The van der Waals surface area contributed by atoms with Gasteiger partial charge >= 0.3 is 5.97 Å². The fraction of sp³-hybridized carbons (Fsp3) is 0.154. The molecule has 0 atom stereocenters. The molecule has 0 bridgehead atoms. The summed E-state index contributed by atoms with van der Waals surface area (Å²) in [5.74, 6) is -0.357. The lowest BCUT2D eigenvalue weighted by Gasteiger charge is -2.04. The first-order chi connectivity index (χ1) is 8.69. The van der Waals surface area contributed by atoms with Crippen molar-refractivity contribution < 1.29 is 9.53 Å². The van der Waals surface area contributed by atoms with Crippen LogP contribution < -0.4 is 5.32 Å². The fourth-order valence-electron chi connectivity index (χ4n) is 1.54. The Balaban J connectivity index is 1.96. The Bertz CT molecular complexity index is 534. The van der Waals surface area contributed by atoms with Gasteiger partial charge in [-0.2, -0.15) is 0 Å². The van der Waals surface area contributed by atoms with Gasteiger partial charge in [0, 0.05) is 15.9 Å². The first-order valence-corrected chi connectivity index (χ1v) is 6.24. The van der Waals surface area contributed by atoms with Gasteiger partial charge < -0.3 is 15.0 Å². The van der Waals surface area contributed by atoms with Crippen LogP contribution in [-0.2, 0) is 11.3 Å². The zero-order chi connectivity index (χ0) is 13.0. The van der Waals surface area contributed by atoms with Gasteiger partial charge in [-0.25, -0.2) is 4.79 Å². The summed E-state index contributed by atoms with van der Waals surface area (Å²) in [6, 6.07) is 11.5. The third-order valence-corrected chi connectivity index (χ3v) is 3.01. The minimum absolute atomic E-state index is 0.357. The summed E-state index contributed by atoms with van der Waals surface area (Å²) >= 11 is 3.38. The molecule has 1 aromatic carbocycles. The van der Waals surface area contributed by atoms with Crippen LogP contribution in [0, 0.1) is 0 Å². The molecule has 0 aliphatic heterocycles. The van der Waals surface area contributed by atoms with Crippen LogP contribution in [-0.4, -0.2) is 18.1 Å². The first kappa shape index (κ1) is 12.7. The molecule has 1 aromatic heterocycles. The van der Waals surface area contributed by atoms with E-state index in [9.17, 15) is 4.79 Å². The number of halogens is 1. The molecule has 5 heteroatoms. The maximum Gasteiger partial charge on any atom is 0.354 e. The highest BCUT2D eigenvalue weighted by molar-refractivity contribution is 9.10. The second kappa shape index (κ2) is 5.73. The summed E-state index contributed by atoms with van der Waals surface area (Å²) in [4.78, 5) is 14.3.